The van der Waals surface area contributed by atoms with Crippen molar-refractivity contribution in [3.05, 3.63) is 16.7 Å². The van der Waals surface area contributed by atoms with E-state index in [0.29, 0.717) is 0 Å². The summed E-state index contributed by atoms with van der Waals surface area (Å²) in [7, 11) is -10.1. The second-order valence-corrected chi connectivity index (χ2v) is 9.30. The average Bonchev–Trinajstić information content (AvgIpc) is 3.20. The molecule has 1 saturated heterocycles. The third kappa shape index (κ3) is 5.36. The lowest BCUT2D eigenvalue weighted by Gasteiger charge is -2.19. The molecule has 1 fully saturated rings. The topological polar surface area (TPSA) is 268 Å². The summed E-state index contributed by atoms with van der Waals surface area (Å²) in [5.41, 5.74) is 9.80. The number of hydrogen-bond donors (Lipinski definition) is 7. The van der Waals surface area contributed by atoms with Gasteiger partial charge in [0.1, 0.15) is 18.3 Å². The molecule has 6 atom stereocenters. The monoisotopic (exact) mass is 486 g/mol. The van der Waals surface area contributed by atoms with Crippen LogP contribution in [0.2, 0.25) is 0 Å². The molecular formula is C12H20N6O11P2. The van der Waals surface area contributed by atoms with E-state index >= 15 is 0 Å². The maximum absolute atomic E-state index is 11.9. The van der Waals surface area contributed by atoms with Gasteiger partial charge in [0.25, 0.3) is 5.56 Å². The zero-order valence-corrected chi connectivity index (χ0v) is 17.3. The predicted molar refractivity (Wildman–Crippen MR) is 100 cm³/mol. The number of rotatable bonds is 9. The Kier molecular flexibility index (Phi) is 6.95. The molecule has 1 aliphatic heterocycles. The van der Waals surface area contributed by atoms with Gasteiger partial charge in [0.05, 0.1) is 19.5 Å². The Bertz CT molecular complexity index is 1090. The Morgan fingerprint density at radius 2 is 1.90 bits per heavy atom. The first-order chi connectivity index (χ1) is 14.4. The van der Waals surface area contributed by atoms with Gasteiger partial charge in [0, 0.05) is 6.54 Å². The third-order valence-corrected chi connectivity index (χ3v) is 6.68. The Hall–Kier alpha value is -1.75. The van der Waals surface area contributed by atoms with Crippen LogP contribution >= 0.6 is 15.6 Å². The molecule has 0 saturated carbocycles. The van der Waals surface area contributed by atoms with Gasteiger partial charge >= 0.3 is 15.6 Å². The van der Waals surface area contributed by atoms with Crippen LogP contribution in [0.15, 0.2) is 11.1 Å². The smallest absolute Gasteiger partial charge is 0.387 e. The van der Waals surface area contributed by atoms with Gasteiger partial charge in [-0.15, -0.1) is 0 Å². The molecule has 174 valence electrons. The normalized spacial score (nSPS) is 27.9. The first-order valence-electron chi connectivity index (χ1n) is 8.54. The molecule has 0 aliphatic carbocycles. The Labute approximate surface area is 172 Å². The number of anilines is 1. The van der Waals surface area contributed by atoms with Crippen LogP contribution < -0.4 is 17.0 Å². The summed E-state index contributed by atoms with van der Waals surface area (Å²) in [6, 6.07) is 0. The summed E-state index contributed by atoms with van der Waals surface area (Å²) in [5.74, 6) is -0.226. The summed E-state index contributed by atoms with van der Waals surface area (Å²) in [6.45, 7) is -1.41. The molecule has 1 aliphatic rings. The number of phosphoric acid groups is 2. The zero-order valence-electron chi connectivity index (χ0n) is 15.5. The van der Waals surface area contributed by atoms with Gasteiger partial charge in [-0.3, -0.25) is 23.4 Å². The zero-order chi connectivity index (χ0) is 23.0. The molecule has 0 spiro atoms. The number of H-pyrrole nitrogens is 1. The van der Waals surface area contributed by atoms with Crippen molar-refractivity contribution in [3.8, 4) is 0 Å². The van der Waals surface area contributed by atoms with E-state index in [2.05, 4.69) is 28.3 Å². The lowest BCUT2D eigenvalue weighted by atomic mass is 10.1. The minimum atomic E-state index is -5.13. The van der Waals surface area contributed by atoms with E-state index in [1.54, 1.807) is 0 Å². The van der Waals surface area contributed by atoms with Crippen molar-refractivity contribution < 1.29 is 47.2 Å². The molecule has 2 aromatic heterocycles. The SMILES string of the molecule is NCCOP(=O)(O)OP(=O)(O)OC[C@H]1O[C@@H](n2cnc3c(=O)[nH]c(N)nc32)[C@H](O)[C@H]1O. The van der Waals surface area contributed by atoms with Gasteiger partial charge < -0.3 is 36.2 Å². The minimum absolute atomic E-state index is 0.0477. The first-order valence-corrected chi connectivity index (χ1v) is 11.5. The molecule has 0 bridgehead atoms. The average molecular weight is 486 g/mol. The van der Waals surface area contributed by atoms with Crippen molar-refractivity contribution in [3.63, 3.8) is 0 Å². The maximum Gasteiger partial charge on any atom is 0.481 e. The van der Waals surface area contributed by atoms with Gasteiger partial charge in [0.15, 0.2) is 17.4 Å². The molecule has 0 radical (unpaired) electrons. The molecule has 0 amide bonds. The molecule has 19 heteroatoms. The summed E-state index contributed by atoms with van der Waals surface area (Å²) >= 11 is 0. The molecule has 17 nitrogen and oxygen atoms in total. The van der Waals surface area contributed by atoms with Crippen molar-refractivity contribution >= 4 is 32.8 Å². The fourth-order valence-corrected chi connectivity index (χ4v) is 4.83. The second kappa shape index (κ2) is 9.01. The number of aromatic nitrogens is 4. The number of ether oxygens (including phenoxy) is 1. The largest absolute Gasteiger partial charge is 0.481 e. The number of nitrogens with zero attached hydrogens (tertiary/aromatic N) is 3. The van der Waals surface area contributed by atoms with Crippen LogP contribution in [-0.4, -0.2) is 77.6 Å². The first kappa shape index (κ1) is 23.9. The fraction of sp³-hybridized carbons (Fsp3) is 0.583. The van der Waals surface area contributed by atoms with Gasteiger partial charge in [-0.2, -0.15) is 9.29 Å². The molecule has 3 heterocycles. The van der Waals surface area contributed by atoms with E-state index in [1.807, 2.05) is 0 Å². The van der Waals surface area contributed by atoms with Crippen LogP contribution in [-0.2, 0) is 27.2 Å². The predicted octanol–water partition coefficient (Wildman–Crippen LogP) is -2.47. The number of nitrogen functional groups attached to an aromatic ring is 1. The number of nitrogens with two attached hydrogens (primary N) is 2. The van der Waals surface area contributed by atoms with E-state index in [-0.39, 0.29) is 23.7 Å². The van der Waals surface area contributed by atoms with Crippen LogP contribution in [0, 0.1) is 0 Å². The fourth-order valence-electron chi connectivity index (χ4n) is 2.74. The second-order valence-electron chi connectivity index (χ2n) is 6.26. The van der Waals surface area contributed by atoms with Crippen molar-refractivity contribution in [2.75, 3.05) is 25.5 Å². The standard InChI is InChI=1S/C12H20N6O11P2/c13-1-2-26-30(22,23)29-31(24,25)27-3-5-7(19)8(20)11(28-5)18-4-15-6-9(18)16-12(14)17-10(6)21/h4-5,7-8,11,19-20H,1-3,13H2,(H,22,23)(H,24,25)(H3,14,16,17,21)/t5-,7+,8-,11-/m1/s1. The molecule has 31 heavy (non-hydrogen) atoms. The van der Waals surface area contributed by atoms with E-state index in [0.717, 1.165) is 10.9 Å². The highest BCUT2D eigenvalue weighted by atomic mass is 31.3. The quantitative estimate of drug-likeness (QED) is 0.181. The van der Waals surface area contributed by atoms with E-state index in [4.69, 9.17) is 16.2 Å². The van der Waals surface area contributed by atoms with Gasteiger partial charge in [-0.1, -0.05) is 0 Å². The Morgan fingerprint density at radius 3 is 2.58 bits per heavy atom. The van der Waals surface area contributed by atoms with Crippen molar-refractivity contribution in [2.45, 2.75) is 24.5 Å². The molecule has 3 rings (SSSR count). The number of aromatic amines is 1. The summed E-state index contributed by atoms with van der Waals surface area (Å²) < 4.78 is 43.0. The van der Waals surface area contributed by atoms with Gasteiger partial charge in [0.2, 0.25) is 5.95 Å². The highest BCUT2D eigenvalue weighted by Crippen LogP contribution is 2.60. The van der Waals surface area contributed by atoms with Crippen LogP contribution in [0.4, 0.5) is 5.95 Å². The summed E-state index contributed by atoms with van der Waals surface area (Å²) in [4.78, 5) is 40.8. The lowest BCUT2D eigenvalue weighted by Crippen LogP contribution is -2.33. The number of phosphoric ester groups is 2. The molecule has 2 aromatic rings. The summed E-state index contributed by atoms with van der Waals surface area (Å²) in [5, 5.41) is 20.5. The highest BCUT2D eigenvalue weighted by molar-refractivity contribution is 7.61. The number of nitrogens with one attached hydrogen (secondary N) is 1. The number of aliphatic hydroxyl groups is 2. The number of aliphatic hydroxyl groups excluding tert-OH is 2. The van der Waals surface area contributed by atoms with Gasteiger partial charge in [-0.05, 0) is 0 Å². The van der Waals surface area contributed by atoms with Crippen LogP contribution in [0.25, 0.3) is 11.2 Å². The van der Waals surface area contributed by atoms with E-state index < -0.39 is 59.0 Å². The minimum Gasteiger partial charge on any atom is -0.387 e. The van der Waals surface area contributed by atoms with Crippen molar-refractivity contribution in [1.29, 1.82) is 0 Å². The van der Waals surface area contributed by atoms with Crippen LogP contribution in [0.5, 0.6) is 0 Å². The molecule has 2 unspecified atom stereocenters. The Morgan fingerprint density at radius 1 is 1.23 bits per heavy atom. The molecule has 9 N–H and O–H groups in total. The Balaban J connectivity index is 1.71. The van der Waals surface area contributed by atoms with E-state index in [1.165, 1.54) is 0 Å². The van der Waals surface area contributed by atoms with Crippen molar-refractivity contribution in [1.82, 2.24) is 19.5 Å². The van der Waals surface area contributed by atoms with E-state index in [9.17, 15) is 33.9 Å². The third-order valence-electron chi connectivity index (χ3n) is 4.04. The van der Waals surface area contributed by atoms with Crippen LogP contribution in [0.1, 0.15) is 6.23 Å². The number of fused-ring (bicyclic) bond motifs is 1. The summed E-state index contributed by atoms with van der Waals surface area (Å²) in [6.07, 6.45) is -4.81. The lowest BCUT2D eigenvalue weighted by molar-refractivity contribution is -0.0504. The van der Waals surface area contributed by atoms with Crippen LogP contribution in [0.3, 0.4) is 0 Å². The number of hydrogen-bond acceptors (Lipinski definition) is 13. The maximum atomic E-state index is 11.9. The highest BCUT2D eigenvalue weighted by Gasteiger charge is 2.46. The van der Waals surface area contributed by atoms with Crippen molar-refractivity contribution in [2.24, 2.45) is 5.73 Å². The molecule has 0 aromatic carbocycles. The van der Waals surface area contributed by atoms with Gasteiger partial charge in [-0.25, -0.2) is 14.1 Å². The number of imidazole rings is 1. The molecular weight excluding hydrogens is 466 g/mol.